The van der Waals surface area contributed by atoms with Crippen molar-refractivity contribution in [3.63, 3.8) is 0 Å². The minimum Gasteiger partial charge on any atom is -0.468 e. The fourth-order valence-electron chi connectivity index (χ4n) is 2.10. The maximum Gasteiger partial charge on any atom is 0.324 e. The number of rotatable bonds is 10. The van der Waals surface area contributed by atoms with Crippen LogP contribution in [0.25, 0.3) is 0 Å². The fraction of sp³-hybridized carbons (Fsp3) is 0.933. The van der Waals surface area contributed by atoms with Crippen molar-refractivity contribution in [2.75, 3.05) is 20.2 Å². The Morgan fingerprint density at radius 3 is 2.26 bits per heavy atom. The lowest BCUT2D eigenvalue weighted by Crippen LogP contribution is -2.50. The number of nitrogens with zero attached hydrogens (tertiary/aromatic N) is 1. The van der Waals surface area contributed by atoms with E-state index >= 15 is 0 Å². The van der Waals surface area contributed by atoms with E-state index in [1.165, 1.54) is 26.4 Å². The molecule has 0 aromatic heterocycles. The van der Waals surface area contributed by atoms with Gasteiger partial charge in [0.05, 0.1) is 7.11 Å². The van der Waals surface area contributed by atoms with Gasteiger partial charge in [0.25, 0.3) is 0 Å². The van der Waals surface area contributed by atoms with E-state index in [4.69, 9.17) is 4.74 Å². The van der Waals surface area contributed by atoms with Crippen LogP contribution in [-0.2, 0) is 9.53 Å². The lowest BCUT2D eigenvalue weighted by atomic mass is 10.1. The molecular weight excluding hydrogens is 240 g/mol. The van der Waals surface area contributed by atoms with E-state index in [0.29, 0.717) is 12.6 Å². The first-order valence-electron chi connectivity index (χ1n) is 7.50. The minimum atomic E-state index is -0.242. The van der Waals surface area contributed by atoms with Gasteiger partial charge in [0, 0.05) is 18.6 Å². The molecule has 19 heavy (non-hydrogen) atoms. The van der Waals surface area contributed by atoms with E-state index in [1.54, 1.807) is 0 Å². The summed E-state index contributed by atoms with van der Waals surface area (Å²) in [6.07, 6.45) is 3.64. The number of methoxy groups -OCH3 is 1. The van der Waals surface area contributed by atoms with Gasteiger partial charge in [0.1, 0.15) is 6.04 Å². The van der Waals surface area contributed by atoms with Gasteiger partial charge in [-0.1, -0.05) is 33.6 Å². The van der Waals surface area contributed by atoms with Gasteiger partial charge < -0.3 is 10.1 Å². The molecule has 1 atom stereocenters. The molecule has 0 saturated carbocycles. The summed E-state index contributed by atoms with van der Waals surface area (Å²) < 4.78 is 4.89. The fourth-order valence-corrected chi connectivity index (χ4v) is 2.10. The lowest BCUT2D eigenvalue weighted by Gasteiger charge is -2.30. The third kappa shape index (κ3) is 8.22. The molecule has 0 bridgehead atoms. The van der Waals surface area contributed by atoms with Crippen LogP contribution in [0.5, 0.6) is 0 Å². The van der Waals surface area contributed by atoms with E-state index in [1.807, 2.05) is 13.8 Å². The monoisotopic (exact) mass is 272 g/mol. The van der Waals surface area contributed by atoms with Crippen LogP contribution < -0.4 is 5.32 Å². The number of nitrogens with one attached hydrogen (secondary N) is 1. The summed E-state index contributed by atoms with van der Waals surface area (Å²) in [6.45, 7) is 12.4. The molecule has 0 aliphatic heterocycles. The van der Waals surface area contributed by atoms with Gasteiger partial charge in [-0.05, 0) is 26.8 Å². The Bertz CT molecular complexity index is 242. The maximum absolute atomic E-state index is 11.8. The highest BCUT2D eigenvalue weighted by atomic mass is 16.5. The number of ether oxygens (including phenoxy) is 1. The van der Waals surface area contributed by atoms with Gasteiger partial charge in [0.15, 0.2) is 0 Å². The second kappa shape index (κ2) is 10.2. The van der Waals surface area contributed by atoms with Crippen molar-refractivity contribution in [1.82, 2.24) is 10.2 Å². The molecule has 0 aromatic carbocycles. The Morgan fingerprint density at radius 1 is 1.21 bits per heavy atom. The van der Waals surface area contributed by atoms with Crippen LogP contribution in [0.3, 0.4) is 0 Å². The molecule has 114 valence electrons. The number of hydrogen-bond acceptors (Lipinski definition) is 4. The molecule has 1 unspecified atom stereocenters. The van der Waals surface area contributed by atoms with Crippen LogP contribution in [0, 0.1) is 0 Å². The average molecular weight is 272 g/mol. The molecule has 0 aliphatic rings. The Balaban J connectivity index is 4.50. The molecule has 4 heteroatoms. The number of carbonyl (C=O) groups excluding carboxylic acids is 1. The van der Waals surface area contributed by atoms with Crippen molar-refractivity contribution in [1.29, 1.82) is 0 Å². The summed E-state index contributed by atoms with van der Waals surface area (Å²) >= 11 is 0. The van der Waals surface area contributed by atoms with Crippen LogP contribution in [0.1, 0.15) is 53.9 Å². The normalized spacial score (nSPS) is 13.3. The van der Waals surface area contributed by atoms with Crippen molar-refractivity contribution in [2.45, 2.75) is 72.0 Å². The largest absolute Gasteiger partial charge is 0.468 e. The van der Waals surface area contributed by atoms with Crippen LogP contribution in [0.15, 0.2) is 0 Å². The minimum absolute atomic E-state index is 0.171. The zero-order chi connectivity index (χ0) is 14.8. The highest BCUT2D eigenvalue weighted by Crippen LogP contribution is 2.06. The number of esters is 1. The number of hydrogen-bond donors (Lipinski definition) is 1. The van der Waals surface area contributed by atoms with E-state index in [-0.39, 0.29) is 18.1 Å². The molecule has 0 fully saturated rings. The van der Waals surface area contributed by atoms with Gasteiger partial charge in [-0.15, -0.1) is 0 Å². The van der Waals surface area contributed by atoms with E-state index in [9.17, 15) is 4.79 Å². The van der Waals surface area contributed by atoms with Gasteiger partial charge in [-0.3, -0.25) is 9.69 Å². The van der Waals surface area contributed by atoms with Gasteiger partial charge in [-0.2, -0.15) is 0 Å². The summed E-state index contributed by atoms with van der Waals surface area (Å²) in [5.74, 6) is -0.171. The first-order valence-corrected chi connectivity index (χ1v) is 7.50. The van der Waals surface area contributed by atoms with Gasteiger partial charge in [-0.25, -0.2) is 0 Å². The summed E-state index contributed by atoms with van der Waals surface area (Å²) in [5.41, 5.74) is 0. The van der Waals surface area contributed by atoms with Crippen molar-refractivity contribution in [2.24, 2.45) is 0 Å². The maximum atomic E-state index is 11.8. The Hall–Kier alpha value is -0.610. The first kappa shape index (κ1) is 18.4. The predicted octanol–water partition coefficient (Wildman–Crippen LogP) is 2.43. The third-order valence-corrected chi connectivity index (χ3v) is 3.22. The summed E-state index contributed by atoms with van der Waals surface area (Å²) in [4.78, 5) is 14.2. The number of unbranched alkanes of at least 4 members (excludes halogenated alkanes) is 2. The van der Waals surface area contributed by atoms with Crippen LogP contribution in [0.2, 0.25) is 0 Å². The molecule has 0 spiro atoms. The molecule has 0 radical (unpaired) electrons. The smallest absolute Gasteiger partial charge is 0.324 e. The standard InChI is InChI=1S/C15H32N2O2/c1-7-8-9-10-17(13(4)5)11-14(15(18)19-6)16-12(2)3/h12-14,16H,7-11H2,1-6H3. The second-order valence-corrected chi connectivity index (χ2v) is 5.69. The van der Waals surface area contributed by atoms with E-state index in [2.05, 4.69) is 31.0 Å². The highest BCUT2D eigenvalue weighted by Gasteiger charge is 2.23. The molecule has 0 amide bonds. The molecule has 0 heterocycles. The second-order valence-electron chi connectivity index (χ2n) is 5.69. The molecule has 1 N–H and O–H groups in total. The third-order valence-electron chi connectivity index (χ3n) is 3.22. The quantitative estimate of drug-likeness (QED) is 0.490. The summed E-state index contributed by atoms with van der Waals surface area (Å²) in [5, 5.41) is 3.29. The molecule has 4 nitrogen and oxygen atoms in total. The van der Waals surface area contributed by atoms with Crippen LogP contribution in [0.4, 0.5) is 0 Å². The van der Waals surface area contributed by atoms with Crippen molar-refractivity contribution in [3.05, 3.63) is 0 Å². The topological polar surface area (TPSA) is 41.6 Å². The average Bonchev–Trinajstić information content (AvgIpc) is 2.34. The van der Waals surface area contributed by atoms with E-state index in [0.717, 1.165) is 6.54 Å². The Kier molecular flexibility index (Phi) is 9.88. The zero-order valence-electron chi connectivity index (χ0n) is 13.5. The molecule has 0 saturated heterocycles. The molecule has 0 aromatic rings. The van der Waals surface area contributed by atoms with Crippen molar-refractivity contribution >= 4 is 5.97 Å². The Labute approximate surface area is 118 Å². The van der Waals surface area contributed by atoms with Gasteiger partial charge in [0.2, 0.25) is 0 Å². The summed E-state index contributed by atoms with van der Waals surface area (Å²) in [6, 6.07) is 0.473. The van der Waals surface area contributed by atoms with Crippen molar-refractivity contribution < 1.29 is 9.53 Å². The lowest BCUT2D eigenvalue weighted by molar-refractivity contribution is -0.144. The van der Waals surface area contributed by atoms with Crippen LogP contribution >= 0.6 is 0 Å². The molecule has 0 aliphatic carbocycles. The van der Waals surface area contributed by atoms with E-state index < -0.39 is 0 Å². The Morgan fingerprint density at radius 2 is 1.84 bits per heavy atom. The predicted molar refractivity (Wildman–Crippen MR) is 80.3 cm³/mol. The van der Waals surface area contributed by atoms with Gasteiger partial charge >= 0.3 is 5.97 Å². The van der Waals surface area contributed by atoms with Crippen molar-refractivity contribution in [3.8, 4) is 0 Å². The van der Waals surface area contributed by atoms with Crippen LogP contribution in [-0.4, -0.2) is 49.2 Å². The highest BCUT2D eigenvalue weighted by molar-refractivity contribution is 5.76. The first-order chi connectivity index (χ1) is 8.92. The number of carbonyl (C=O) groups is 1. The summed E-state index contributed by atoms with van der Waals surface area (Å²) in [7, 11) is 1.45. The molecule has 0 rings (SSSR count). The zero-order valence-corrected chi connectivity index (χ0v) is 13.5. The SMILES string of the molecule is CCCCCN(CC(NC(C)C)C(=O)OC)C(C)C. The molecular formula is C15H32N2O2.